The van der Waals surface area contributed by atoms with E-state index in [1.807, 2.05) is 0 Å². The molecule has 14 atom stereocenters. The van der Waals surface area contributed by atoms with Crippen LogP contribution in [0.15, 0.2) is 0 Å². The quantitative estimate of drug-likeness (QED) is 0.266. The molecule has 290 valence electrons. The molecule has 5 saturated carbocycles. The number of nitrogens with zero attached hydrogens (tertiary/aromatic N) is 1. The van der Waals surface area contributed by atoms with E-state index in [1.54, 1.807) is 21.0 Å². The van der Waals surface area contributed by atoms with Gasteiger partial charge in [-0.2, -0.15) is 0 Å². The maximum atomic E-state index is 12.4. The Morgan fingerprint density at radius 2 is 1.78 bits per heavy atom. The lowest BCUT2D eigenvalue weighted by Gasteiger charge is -2.64. The van der Waals surface area contributed by atoms with Gasteiger partial charge in [0, 0.05) is 32.5 Å². The lowest BCUT2D eigenvalue weighted by atomic mass is 9.41. The second-order valence-electron chi connectivity index (χ2n) is 19.8. The van der Waals surface area contributed by atoms with Crippen LogP contribution in [0.3, 0.4) is 0 Å². The number of carbonyl (C=O) groups excluding carboxylic acids is 2. The molecule has 2 spiro atoms. The van der Waals surface area contributed by atoms with Gasteiger partial charge in [0.2, 0.25) is 5.91 Å². The van der Waals surface area contributed by atoms with Crippen molar-refractivity contribution in [1.82, 2.24) is 10.2 Å². The first-order valence-electron chi connectivity index (χ1n) is 20.2. The molecule has 7 fully saturated rings. The first kappa shape index (κ1) is 38.0. The van der Waals surface area contributed by atoms with Crippen LogP contribution in [0.5, 0.6) is 0 Å². The standard InChI is InChI=1S/C41H68N2O8/c1-24(20-28(48-9)34(37(5,6)47)50-25(2)44)26-21-31(45)39(8)30-11-10-29-36(3,4)32(12-14-40(29)23-41(30,40)16-15-38(26,39)7)51-33-22-43(18-19-49-33)27-13-17-42-35(27)46/h24,26-34,45,47H,10-23H2,1-9H3,(H,42,46)/t24-,26?,27?,28?,29+,30?,31+,32?,33?,34?,38?,39-,40?,41?/m1/s1. The van der Waals surface area contributed by atoms with Gasteiger partial charge in [-0.25, -0.2) is 0 Å². The molecule has 5 aliphatic carbocycles. The smallest absolute Gasteiger partial charge is 0.303 e. The van der Waals surface area contributed by atoms with Crippen LogP contribution in [0.4, 0.5) is 0 Å². The fraction of sp³-hybridized carbons (Fsp3) is 0.951. The van der Waals surface area contributed by atoms with E-state index in [9.17, 15) is 19.8 Å². The average Bonchev–Trinajstić information content (AvgIpc) is 3.44. The summed E-state index contributed by atoms with van der Waals surface area (Å²) in [5, 5.41) is 26.2. The molecule has 51 heavy (non-hydrogen) atoms. The number of nitrogens with one attached hydrogen (secondary N) is 1. The minimum atomic E-state index is -1.25. The Hall–Kier alpha value is -1.30. The molecule has 2 aliphatic heterocycles. The van der Waals surface area contributed by atoms with Gasteiger partial charge in [0.05, 0.1) is 43.1 Å². The van der Waals surface area contributed by atoms with Crippen LogP contribution in [-0.4, -0.2) is 103 Å². The third-order valence-electron chi connectivity index (χ3n) is 17.0. The Kier molecular flexibility index (Phi) is 9.61. The minimum absolute atomic E-state index is 0.00419. The van der Waals surface area contributed by atoms with Gasteiger partial charge in [-0.1, -0.05) is 34.6 Å². The summed E-state index contributed by atoms with van der Waals surface area (Å²) in [6, 6.07) is -0.0668. The van der Waals surface area contributed by atoms with Gasteiger partial charge < -0.3 is 34.5 Å². The van der Waals surface area contributed by atoms with Gasteiger partial charge in [0.15, 0.2) is 12.4 Å². The van der Waals surface area contributed by atoms with Gasteiger partial charge in [-0.15, -0.1) is 0 Å². The number of aliphatic hydroxyl groups is 2. The molecule has 0 aromatic carbocycles. The monoisotopic (exact) mass is 716 g/mol. The van der Waals surface area contributed by atoms with E-state index in [1.165, 1.54) is 32.6 Å². The van der Waals surface area contributed by atoms with Crippen molar-refractivity contribution in [2.45, 2.75) is 162 Å². The van der Waals surface area contributed by atoms with Crippen molar-refractivity contribution >= 4 is 11.9 Å². The molecule has 0 bridgehead atoms. The number of hydrogen-bond acceptors (Lipinski definition) is 9. The zero-order valence-electron chi connectivity index (χ0n) is 33.0. The Labute approximate surface area is 306 Å². The number of methoxy groups -OCH3 is 1. The van der Waals surface area contributed by atoms with E-state index < -0.39 is 23.8 Å². The average molecular weight is 717 g/mol. The van der Waals surface area contributed by atoms with Crippen molar-refractivity contribution in [1.29, 1.82) is 0 Å². The summed E-state index contributed by atoms with van der Waals surface area (Å²) >= 11 is 0. The normalized spacial score (nSPS) is 46.5. The summed E-state index contributed by atoms with van der Waals surface area (Å²) in [5.41, 5.74) is -0.876. The van der Waals surface area contributed by atoms with Crippen LogP contribution in [0.1, 0.15) is 120 Å². The molecule has 10 heteroatoms. The molecule has 2 heterocycles. The van der Waals surface area contributed by atoms with Crippen LogP contribution in [0.25, 0.3) is 0 Å². The maximum Gasteiger partial charge on any atom is 0.303 e. The number of fused-ring (bicyclic) bond motifs is 2. The zero-order chi connectivity index (χ0) is 36.9. The second-order valence-corrected chi connectivity index (χ2v) is 19.8. The van der Waals surface area contributed by atoms with Crippen LogP contribution in [0, 0.1) is 50.7 Å². The SMILES string of the molecule is COC(C[C@@H](C)C1C[C@H](O)[C@@]2(C)C3CC[C@H]4C(C)(C)C(OC5CN(C6CCNC6=O)CCO5)CCC45CC35CCC12C)C(OC(C)=O)C(C)(C)O. The van der Waals surface area contributed by atoms with Gasteiger partial charge >= 0.3 is 5.97 Å². The number of rotatable bonds is 10. The summed E-state index contributed by atoms with van der Waals surface area (Å²) in [7, 11) is 1.64. The highest BCUT2D eigenvalue weighted by atomic mass is 16.7. The van der Waals surface area contributed by atoms with Crippen molar-refractivity contribution in [3.8, 4) is 0 Å². The van der Waals surface area contributed by atoms with E-state index in [0.717, 1.165) is 45.2 Å². The maximum absolute atomic E-state index is 12.4. The highest BCUT2D eigenvalue weighted by Gasteiger charge is 2.83. The lowest BCUT2D eigenvalue weighted by Crippen LogP contribution is -2.60. The molecule has 0 radical (unpaired) electrons. The summed E-state index contributed by atoms with van der Waals surface area (Å²) < 4.78 is 24.6. The van der Waals surface area contributed by atoms with E-state index >= 15 is 0 Å². The van der Waals surface area contributed by atoms with Crippen molar-refractivity contribution in [3.05, 3.63) is 0 Å². The molecular weight excluding hydrogens is 648 g/mol. The van der Waals surface area contributed by atoms with E-state index in [0.29, 0.717) is 42.7 Å². The molecule has 7 aliphatic rings. The molecule has 7 rings (SSSR count). The predicted molar refractivity (Wildman–Crippen MR) is 192 cm³/mol. The largest absolute Gasteiger partial charge is 0.457 e. The number of morpholine rings is 1. The van der Waals surface area contributed by atoms with Crippen molar-refractivity contribution in [3.63, 3.8) is 0 Å². The van der Waals surface area contributed by atoms with Gasteiger partial charge in [0.25, 0.3) is 0 Å². The summed E-state index contributed by atoms with van der Waals surface area (Å²) in [6.45, 7) is 19.6. The van der Waals surface area contributed by atoms with E-state index in [4.69, 9.17) is 18.9 Å². The fourth-order valence-corrected chi connectivity index (χ4v) is 14.4. The Morgan fingerprint density at radius 3 is 2.43 bits per heavy atom. The topological polar surface area (TPSA) is 127 Å². The first-order chi connectivity index (χ1) is 23.9. The van der Waals surface area contributed by atoms with Crippen molar-refractivity contribution in [2.24, 2.45) is 50.7 Å². The molecule has 3 N–H and O–H groups in total. The fourth-order valence-electron chi connectivity index (χ4n) is 14.4. The molecule has 0 aromatic rings. The molecule has 10 nitrogen and oxygen atoms in total. The summed E-state index contributed by atoms with van der Waals surface area (Å²) in [4.78, 5) is 26.7. The van der Waals surface area contributed by atoms with Gasteiger partial charge in [0.1, 0.15) is 0 Å². The first-order valence-corrected chi connectivity index (χ1v) is 20.2. The molecular formula is C41H68N2O8. The predicted octanol–water partition coefficient (Wildman–Crippen LogP) is 5.07. The van der Waals surface area contributed by atoms with E-state index in [2.05, 4.69) is 44.8 Å². The number of amides is 1. The minimum Gasteiger partial charge on any atom is -0.457 e. The molecule has 2 saturated heterocycles. The number of esters is 1. The van der Waals surface area contributed by atoms with E-state index in [-0.39, 0.29) is 58.0 Å². The third-order valence-corrected chi connectivity index (χ3v) is 17.0. The summed E-state index contributed by atoms with van der Waals surface area (Å²) in [6.07, 6.45) is 8.62. The van der Waals surface area contributed by atoms with Gasteiger partial charge in [-0.3, -0.25) is 14.5 Å². The zero-order valence-corrected chi connectivity index (χ0v) is 33.0. The van der Waals surface area contributed by atoms with Crippen LogP contribution in [-0.2, 0) is 28.5 Å². The van der Waals surface area contributed by atoms with Crippen molar-refractivity contribution < 1.29 is 38.7 Å². The lowest BCUT2D eigenvalue weighted by molar-refractivity contribution is -0.250. The van der Waals surface area contributed by atoms with Crippen LogP contribution >= 0.6 is 0 Å². The number of carbonyl (C=O) groups is 2. The number of aliphatic hydroxyl groups excluding tert-OH is 1. The third kappa shape index (κ3) is 5.68. The molecule has 0 aromatic heterocycles. The highest BCUT2D eigenvalue weighted by molar-refractivity contribution is 5.83. The number of hydrogen-bond donors (Lipinski definition) is 3. The number of ether oxygens (including phenoxy) is 4. The Morgan fingerprint density at radius 1 is 1.08 bits per heavy atom. The Balaban J connectivity index is 1.06. The van der Waals surface area contributed by atoms with Crippen LogP contribution in [0.2, 0.25) is 0 Å². The second kappa shape index (κ2) is 12.9. The summed E-state index contributed by atoms with van der Waals surface area (Å²) in [5.74, 6) is 1.27. The molecule has 10 unspecified atom stereocenters. The van der Waals surface area contributed by atoms with Gasteiger partial charge in [-0.05, 0) is 123 Å². The Bertz CT molecular complexity index is 1350. The van der Waals surface area contributed by atoms with Crippen LogP contribution < -0.4 is 5.32 Å². The van der Waals surface area contributed by atoms with Crippen molar-refractivity contribution in [2.75, 3.05) is 33.4 Å². The highest BCUT2D eigenvalue weighted by Crippen LogP contribution is 2.89. The molecule has 1 amide bonds.